The lowest BCUT2D eigenvalue weighted by atomic mass is 10.1. The van der Waals surface area contributed by atoms with Crippen molar-refractivity contribution in [2.75, 3.05) is 13.7 Å². The summed E-state index contributed by atoms with van der Waals surface area (Å²) in [5.41, 5.74) is 0.671. The van der Waals surface area contributed by atoms with E-state index in [0.717, 1.165) is 0 Å². The topological polar surface area (TPSA) is 66.4 Å². The SMILES string of the molecule is COc1nc(OCC(F)F)ccc1[C@@H](C)N[S+]([O-])C(C)(C)C. The van der Waals surface area contributed by atoms with Crippen LogP contribution in [-0.4, -0.2) is 34.4 Å². The highest BCUT2D eigenvalue weighted by molar-refractivity contribution is 7.90. The summed E-state index contributed by atoms with van der Waals surface area (Å²) in [7, 11) is 1.43. The third-order valence-corrected chi connectivity index (χ3v) is 4.40. The molecular weight excluding hydrogens is 314 g/mol. The Bertz CT molecular complexity index is 484. The number of methoxy groups -OCH3 is 1. The molecule has 0 saturated carbocycles. The molecule has 1 unspecified atom stereocenters. The molecule has 0 aromatic carbocycles. The van der Waals surface area contributed by atoms with Crippen molar-refractivity contribution in [3.63, 3.8) is 0 Å². The highest BCUT2D eigenvalue weighted by atomic mass is 32.2. The van der Waals surface area contributed by atoms with Gasteiger partial charge in [-0.2, -0.15) is 4.98 Å². The molecule has 0 spiro atoms. The van der Waals surface area contributed by atoms with Gasteiger partial charge in [-0.15, -0.1) is 4.72 Å². The van der Waals surface area contributed by atoms with Gasteiger partial charge in [-0.25, -0.2) is 8.78 Å². The van der Waals surface area contributed by atoms with Gasteiger partial charge in [0.2, 0.25) is 11.8 Å². The number of hydrogen-bond acceptors (Lipinski definition) is 5. The van der Waals surface area contributed by atoms with E-state index in [9.17, 15) is 13.3 Å². The molecule has 1 aromatic heterocycles. The number of aromatic nitrogens is 1. The maximum absolute atomic E-state index is 12.1. The van der Waals surface area contributed by atoms with Crippen LogP contribution in [0.4, 0.5) is 8.78 Å². The predicted octanol–water partition coefficient (Wildman–Crippen LogP) is 2.85. The van der Waals surface area contributed by atoms with E-state index in [1.54, 1.807) is 6.07 Å². The monoisotopic (exact) mass is 336 g/mol. The summed E-state index contributed by atoms with van der Waals surface area (Å²) in [5, 5.41) is 0. The first-order valence-electron chi connectivity index (χ1n) is 6.79. The van der Waals surface area contributed by atoms with E-state index in [0.29, 0.717) is 5.56 Å². The quantitative estimate of drug-likeness (QED) is 0.776. The molecule has 5 nitrogen and oxygen atoms in total. The molecule has 126 valence electrons. The Morgan fingerprint density at radius 1 is 1.36 bits per heavy atom. The Labute approximate surface area is 132 Å². The Hall–Kier alpha value is -1.12. The zero-order valence-corrected chi connectivity index (χ0v) is 14.2. The van der Waals surface area contributed by atoms with Gasteiger partial charge in [-0.05, 0) is 33.8 Å². The maximum atomic E-state index is 12.1. The van der Waals surface area contributed by atoms with Gasteiger partial charge >= 0.3 is 0 Å². The second kappa shape index (κ2) is 7.94. The van der Waals surface area contributed by atoms with Crippen LogP contribution in [0.1, 0.15) is 39.3 Å². The van der Waals surface area contributed by atoms with Crippen LogP contribution in [0.15, 0.2) is 12.1 Å². The van der Waals surface area contributed by atoms with Gasteiger partial charge in [0.05, 0.1) is 13.2 Å². The number of rotatable bonds is 7. The van der Waals surface area contributed by atoms with E-state index in [2.05, 4.69) is 9.71 Å². The summed E-state index contributed by atoms with van der Waals surface area (Å²) in [5.74, 6) is 0.308. The number of alkyl halides is 2. The van der Waals surface area contributed by atoms with Crippen molar-refractivity contribution in [2.24, 2.45) is 0 Å². The molecule has 1 rings (SSSR count). The minimum Gasteiger partial charge on any atom is -0.598 e. The van der Waals surface area contributed by atoms with Crippen molar-refractivity contribution < 1.29 is 22.8 Å². The Morgan fingerprint density at radius 3 is 2.50 bits per heavy atom. The van der Waals surface area contributed by atoms with Crippen molar-refractivity contribution in [1.82, 2.24) is 9.71 Å². The minimum absolute atomic E-state index is 0.0602. The fourth-order valence-corrected chi connectivity index (χ4v) is 2.36. The van der Waals surface area contributed by atoms with E-state index < -0.39 is 29.1 Å². The normalized spacial score (nSPS) is 14.8. The molecule has 0 aliphatic rings. The molecular formula is C14H22F2N2O3S. The number of ether oxygens (including phenoxy) is 2. The van der Waals surface area contributed by atoms with Crippen LogP contribution in [0.25, 0.3) is 0 Å². The van der Waals surface area contributed by atoms with Crippen LogP contribution in [0.2, 0.25) is 0 Å². The molecule has 2 atom stereocenters. The van der Waals surface area contributed by atoms with Crippen LogP contribution in [-0.2, 0) is 11.4 Å². The molecule has 1 aromatic rings. The predicted molar refractivity (Wildman–Crippen MR) is 81.7 cm³/mol. The summed E-state index contributed by atoms with van der Waals surface area (Å²) in [6.45, 7) is 6.68. The average Bonchev–Trinajstić information content (AvgIpc) is 2.43. The summed E-state index contributed by atoms with van der Waals surface area (Å²) in [4.78, 5) is 4.04. The second-order valence-electron chi connectivity index (χ2n) is 5.67. The first-order chi connectivity index (χ1) is 10.1. The molecule has 0 fully saturated rings. The summed E-state index contributed by atoms with van der Waals surface area (Å²) >= 11 is -1.26. The van der Waals surface area contributed by atoms with Gasteiger partial charge in [-0.1, -0.05) is 0 Å². The van der Waals surface area contributed by atoms with Gasteiger partial charge < -0.3 is 14.0 Å². The number of pyridine rings is 1. The van der Waals surface area contributed by atoms with E-state index in [1.807, 2.05) is 27.7 Å². The lowest BCUT2D eigenvalue weighted by Gasteiger charge is -2.27. The number of nitrogens with zero attached hydrogens (tertiary/aromatic N) is 1. The summed E-state index contributed by atoms with van der Waals surface area (Å²) in [6.07, 6.45) is -2.57. The van der Waals surface area contributed by atoms with Gasteiger partial charge in [0.1, 0.15) is 4.75 Å². The molecule has 0 aliphatic carbocycles. The van der Waals surface area contributed by atoms with Crippen molar-refractivity contribution in [2.45, 2.75) is 44.9 Å². The zero-order valence-electron chi connectivity index (χ0n) is 13.4. The Balaban J connectivity index is 2.85. The first-order valence-corrected chi connectivity index (χ1v) is 7.94. The summed E-state index contributed by atoms with van der Waals surface area (Å²) in [6, 6.07) is 2.86. The van der Waals surface area contributed by atoms with Crippen molar-refractivity contribution in [1.29, 1.82) is 0 Å². The lowest BCUT2D eigenvalue weighted by molar-refractivity contribution is 0.0792. The summed E-state index contributed by atoms with van der Waals surface area (Å²) < 4.78 is 49.0. The second-order valence-corrected chi connectivity index (χ2v) is 7.67. The largest absolute Gasteiger partial charge is 0.598 e. The van der Waals surface area contributed by atoms with Gasteiger partial charge in [0.25, 0.3) is 6.43 Å². The van der Waals surface area contributed by atoms with E-state index in [1.165, 1.54) is 13.2 Å². The molecule has 0 radical (unpaired) electrons. The number of nitrogens with one attached hydrogen (secondary N) is 1. The fourth-order valence-electron chi connectivity index (χ4n) is 1.56. The first kappa shape index (κ1) is 18.9. The molecule has 8 heteroatoms. The van der Waals surface area contributed by atoms with Crippen molar-refractivity contribution >= 4 is 11.4 Å². The van der Waals surface area contributed by atoms with Gasteiger partial charge in [0.15, 0.2) is 6.61 Å². The number of halogens is 2. The Morgan fingerprint density at radius 2 is 2.00 bits per heavy atom. The van der Waals surface area contributed by atoms with Gasteiger partial charge in [0, 0.05) is 23.0 Å². The Kier molecular flexibility index (Phi) is 6.83. The highest BCUT2D eigenvalue weighted by Gasteiger charge is 2.29. The standard InChI is InChI=1S/C14H22F2N2O3S/c1-9(18-22(19)14(2,3)4)10-6-7-12(17-13(10)20-5)21-8-11(15)16/h6-7,9,11,18H,8H2,1-5H3/t9-,22?/m1/s1. The molecule has 0 bridgehead atoms. The molecule has 1 N–H and O–H groups in total. The highest BCUT2D eigenvalue weighted by Crippen LogP contribution is 2.27. The molecule has 0 amide bonds. The van der Waals surface area contributed by atoms with Crippen LogP contribution >= 0.6 is 0 Å². The van der Waals surface area contributed by atoms with Gasteiger partial charge in [-0.3, -0.25) is 0 Å². The van der Waals surface area contributed by atoms with Crippen molar-refractivity contribution in [3.05, 3.63) is 17.7 Å². The van der Waals surface area contributed by atoms with Crippen LogP contribution < -0.4 is 14.2 Å². The molecule has 0 saturated heterocycles. The van der Waals surface area contributed by atoms with Crippen LogP contribution in [0, 0.1) is 0 Å². The zero-order chi connectivity index (χ0) is 16.9. The average molecular weight is 336 g/mol. The third-order valence-electron chi connectivity index (χ3n) is 2.72. The smallest absolute Gasteiger partial charge is 0.272 e. The van der Waals surface area contributed by atoms with Crippen molar-refractivity contribution in [3.8, 4) is 11.8 Å². The number of hydrogen-bond donors (Lipinski definition) is 1. The molecule has 0 aliphatic heterocycles. The third kappa shape index (κ3) is 5.58. The van der Waals surface area contributed by atoms with E-state index >= 15 is 0 Å². The lowest BCUT2D eigenvalue weighted by Crippen LogP contribution is -2.40. The fraction of sp³-hybridized carbons (Fsp3) is 0.643. The van der Waals surface area contributed by atoms with Crippen LogP contribution in [0.5, 0.6) is 11.8 Å². The molecule has 1 heterocycles. The minimum atomic E-state index is -2.57. The molecule has 22 heavy (non-hydrogen) atoms. The van der Waals surface area contributed by atoms with Crippen LogP contribution in [0.3, 0.4) is 0 Å². The van der Waals surface area contributed by atoms with E-state index in [4.69, 9.17) is 9.47 Å². The van der Waals surface area contributed by atoms with E-state index in [-0.39, 0.29) is 17.8 Å². The maximum Gasteiger partial charge on any atom is 0.272 e.